The van der Waals surface area contributed by atoms with Crippen LogP contribution in [0.2, 0.25) is 0 Å². The summed E-state index contributed by atoms with van der Waals surface area (Å²) in [5.41, 5.74) is 1.05. The van der Waals surface area contributed by atoms with Gasteiger partial charge in [-0.2, -0.15) is 0 Å². The van der Waals surface area contributed by atoms with E-state index in [4.69, 9.17) is 11.6 Å². The third kappa shape index (κ3) is 3.33. The van der Waals surface area contributed by atoms with Gasteiger partial charge in [-0.1, -0.05) is 0 Å². The number of unbranched alkanes of at least 4 members (excludes halogenated alkanes) is 1. The lowest BCUT2D eigenvalue weighted by Crippen LogP contribution is -1.90. The summed E-state index contributed by atoms with van der Waals surface area (Å²) in [6.07, 6.45) is 8.34. The largest absolute Gasteiger partial charge is 0.261 e. The summed E-state index contributed by atoms with van der Waals surface area (Å²) in [7, 11) is 0. The van der Waals surface area contributed by atoms with Crippen LogP contribution in [0.25, 0.3) is 0 Å². The SMILES string of the molecule is ClCCCCc1cnccn1. The summed E-state index contributed by atoms with van der Waals surface area (Å²) in [5, 5.41) is 0. The molecule has 0 saturated carbocycles. The molecule has 0 spiro atoms. The van der Waals surface area contributed by atoms with E-state index in [9.17, 15) is 0 Å². The first-order valence-electron chi connectivity index (χ1n) is 3.74. The first-order chi connectivity index (χ1) is 5.43. The highest BCUT2D eigenvalue weighted by atomic mass is 35.5. The van der Waals surface area contributed by atoms with Gasteiger partial charge in [0.25, 0.3) is 0 Å². The van der Waals surface area contributed by atoms with Crippen LogP contribution in [0.5, 0.6) is 0 Å². The first kappa shape index (κ1) is 8.47. The number of hydrogen-bond donors (Lipinski definition) is 0. The second kappa shape index (κ2) is 5.08. The molecule has 0 amide bonds. The van der Waals surface area contributed by atoms with Crippen LogP contribution in [0.15, 0.2) is 18.6 Å². The fourth-order valence-corrected chi connectivity index (χ4v) is 1.05. The molecular formula is C8H11ClN2. The molecule has 1 aromatic heterocycles. The van der Waals surface area contributed by atoms with E-state index in [-0.39, 0.29) is 0 Å². The Labute approximate surface area is 71.6 Å². The number of aromatic nitrogens is 2. The summed E-state index contributed by atoms with van der Waals surface area (Å²) in [5.74, 6) is 0.736. The summed E-state index contributed by atoms with van der Waals surface area (Å²) >= 11 is 5.53. The molecule has 0 bridgehead atoms. The van der Waals surface area contributed by atoms with Gasteiger partial charge in [0.05, 0.1) is 5.69 Å². The zero-order valence-electron chi connectivity index (χ0n) is 6.33. The molecule has 3 heteroatoms. The topological polar surface area (TPSA) is 25.8 Å². The van der Waals surface area contributed by atoms with E-state index < -0.39 is 0 Å². The van der Waals surface area contributed by atoms with Crippen LogP contribution in [0.3, 0.4) is 0 Å². The van der Waals surface area contributed by atoms with Crippen LogP contribution in [-0.4, -0.2) is 15.8 Å². The van der Waals surface area contributed by atoms with E-state index in [1.807, 2.05) is 0 Å². The van der Waals surface area contributed by atoms with E-state index in [0.717, 1.165) is 30.8 Å². The van der Waals surface area contributed by atoms with Crippen LogP contribution in [0.4, 0.5) is 0 Å². The van der Waals surface area contributed by atoms with Crippen LogP contribution >= 0.6 is 11.6 Å². The third-order valence-electron chi connectivity index (χ3n) is 1.43. The molecule has 0 saturated heterocycles. The fraction of sp³-hybridized carbons (Fsp3) is 0.500. The number of alkyl halides is 1. The van der Waals surface area contributed by atoms with Gasteiger partial charge in [0.2, 0.25) is 0 Å². The standard InChI is InChI=1S/C8H11ClN2/c9-4-2-1-3-8-7-10-5-6-11-8/h5-7H,1-4H2. The Hall–Kier alpha value is -0.630. The van der Waals surface area contributed by atoms with Crippen LogP contribution in [-0.2, 0) is 6.42 Å². The van der Waals surface area contributed by atoms with Gasteiger partial charge in [0.15, 0.2) is 0 Å². The number of nitrogens with zero attached hydrogens (tertiary/aromatic N) is 2. The van der Waals surface area contributed by atoms with Gasteiger partial charge in [-0.15, -0.1) is 11.6 Å². The molecule has 0 fully saturated rings. The normalized spacial score (nSPS) is 9.91. The van der Waals surface area contributed by atoms with E-state index >= 15 is 0 Å². The molecule has 0 unspecified atom stereocenters. The Morgan fingerprint density at radius 2 is 2.18 bits per heavy atom. The molecule has 0 aromatic carbocycles. The van der Waals surface area contributed by atoms with Crippen molar-refractivity contribution < 1.29 is 0 Å². The number of hydrogen-bond acceptors (Lipinski definition) is 2. The van der Waals surface area contributed by atoms with Crippen molar-refractivity contribution in [3.05, 3.63) is 24.3 Å². The highest BCUT2D eigenvalue weighted by molar-refractivity contribution is 6.17. The third-order valence-corrected chi connectivity index (χ3v) is 1.70. The fourth-order valence-electron chi connectivity index (χ4n) is 0.860. The van der Waals surface area contributed by atoms with E-state index in [1.54, 1.807) is 18.6 Å². The van der Waals surface area contributed by atoms with Crippen LogP contribution in [0, 0.1) is 0 Å². The minimum atomic E-state index is 0.736. The minimum Gasteiger partial charge on any atom is -0.261 e. The Balaban J connectivity index is 2.28. The van der Waals surface area contributed by atoms with Crippen molar-refractivity contribution in [1.29, 1.82) is 0 Å². The zero-order chi connectivity index (χ0) is 7.94. The molecule has 0 aliphatic heterocycles. The number of rotatable bonds is 4. The number of halogens is 1. The molecule has 60 valence electrons. The van der Waals surface area contributed by atoms with Crippen molar-refractivity contribution in [3.63, 3.8) is 0 Å². The molecule has 1 heterocycles. The molecule has 11 heavy (non-hydrogen) atoms. The van der Waals surface area contributed by atoms with Gasteiger partial charge in [0, 0.05) is 24.5 Å². The van der Waals surface area contributed by atoms with Crippen LogP contribution in [0.1, 0.15) is 18.5 Å². The van der Waals surface area contributed by atoms with Crippen molar-refractivity contribution in [2.24, 2.45) is 0 Å². The van der Waals surface area contributed by atoms with Gasteiger partial charge < -0.3 is 0 Å². The van der Waals surface area contributed by atoms with Gasteiger partial charge >= 0.3 is 0 Å². The van der Waals surface area contributed by atoms with Gasteiger partial charge in [-0.05, 0) is 19.3 Å². The molecule has 1 aromatic rings. The minimum absolute atomic E-state index is 0.736. The monoisotopic (exact) mass is 170 g/mol. The molecule has 0 aliphatic rings. The van der Waals surface area contributed by atoms with Gasteiger partial charge in [-0.25, -0.2) is 0 Å². The Morgan fingerprint density at radius 3 is 2.82 bits per heavy atom. The quantitative estimate of drug-likeness (QED) is 0.511. The first-order valence-corrected chi connectivity index (χ1v) is 4.28. The van der Waals surface area contributed by atoms with E-state index in [0.29, 0.717) is 0 Å². The maximum absolute atomic E-state index is 5.53. The van der Waals surface area contributed by atoms with Crippen molar-refractivity contribution in [3.8, 4) is 0 Å². The predicted octanol–water partition coefficient (Wildman–Crippen LogP) is 2.04. The summed E-state index contributed by atoms with van der Waals surface area (Å²) in [4.78, 5) is 8.11. The highest BCUT2D eigenvalue weighted by Gasteiger charge is 1.92. The van der Waals surface area contributed by atoms with Crippen LogP contribution < -0.4 is 0 Å². The number of aryl methyl sites for hydroxylation is 1. The van der Waals surface area contributed by atoms with Crippen molar-refractivity contribution >= 4 is 11.6 Å². The average molecular weight is 171 g/mol. The zero-order valence-corrected chi connectivity index (χ0v) is 7.09. The van der Waals surface area contributed by atoms with Gasteiger partial charge in [0.1, 0.15) is 0 Å². The Morgan fingerprint density at radius 1 is 1.27 bits per heavy atom. The average Bonchev–Trinajstić information content (AvgIpc) is 2.07. The predicted molar refractivity (Wildman–Crippen MR) is 45.7 cm³/mol. The maximum atomic E-state index is 5.53. The summed E-state index contributed by atoms with van der Waals surface area (Å²) < 4.78 is 0. The van der Waals surface area contributed by atoms with E-state index in [2.05, 4.69) is 9.97 Å². The van der Waals surface area contributed by atoms with Crippen molar-refractivity contribution in [1.82, 2.24) is 9.97 Å². The van der Waals surface area contributed by atoms with Gasteiger partial charge in [-0.3, -0.25) is 9.97 Å². The van der Waals surface area contributed by atoms with E-state index in [1.165, 1.54) is 0 Å². The molecule has 0 aliphatic carbocycles. The molecule has 2 nitrogen and oxygen atoms in total. The summed E-state index contributed by atoms with van der Waals surface area (Å²) in [6, 6.07) is 0. The maximum Gasteiger partial charge on any atom is 0.0586 e. The highest BCUT2D eigenvalue weighted by Crippen LogP contribution is 2.00. The Bertz CT molecular complexity index is 189. The molecule has 0 radical (unpaired) electrons. The molecule has 0 N–H and O–H groups in total. The smallest absolute Gasteiger partial charge is 0.0586 e. The lowest BCUT2D eigenvalue weighted by Gasteiger charge is -1.96. The molecule has 0 atom stereocenters. The Kier molecular flexibility index (Phi) is 3.91. The van der Waals surface area contributed by atoms with Crippen molar-refractivity contribution in [2.45, 2.75) is 19.3 Å². The summed E-state index contributed by atoms with van der Waals surface area (Å²) in [6.45, 7) is 0. The molecule has 1 rings (SSSR count). The van der Waals surface area contributed by atoms with Crippen molar-refractivity contribution in [2.75, 3.05) is 5.88 Å². The lowest BCUT2D eigenvalue weighted by molar-refractivity contribution is 0.776. The second-order valence-electron chi connectivity index (χ2n) is 2.34. The lowest BCUT2D eigenvalue weighted by atomic mass is 10.2. The second-order valence-corrected chi connectivity index (χ2v) is 2.72. The molecular weight excluding hydrogens is 160 g/mol.